The van der Waals surface area contributed by atoms with Gasteiger partial charge in [0.25, 0.3) is 0 Å². The third-order valence-electron chi connectivity index (χ3n) is 6.21. The van der Waals surface area contributed by atoms with Crippen molar-refractivity contribution < 1.29 is 13.9 Å². The van der Waals surface area contributed by atoms with Crippen LogP contribution in [0.1, 0.15) is 54.1 Å². The highest BCUT2D eigenvalue weighted by molar-refractivity contribution is 5.89. The first-order valence-corrected chi connectivity index (χ1v) is 11.5. The zero-order valence-corrected chi connectivity index (χ0v) is 19.5. The van der Waals surface area contributed by atoms with Crippen LogP contribution in [0.15, 0.2) is 48.7 Å². The highest BCUT2D eigenvalue weighted by Crippen LogP contribution is 2.30. The first-order chi connectivity index (χ1) is 15.9. The van der Waals surface area contributed by atoms with Crippen LogP contribution in [-0.4, -0.2) is 52.6 Å². The Bertz CT molecular complexity index is 1100. The number of ether oxygens (including phenoxy) is 1. The molecule has 0 atom stereocenters. The monoisotopic (exact) mass is 450 g/mol. The van der Waals surface area contributed by atoms with Crippen molar-refractivity contribution in [1.29, 1.82) is 0 Å². The molecule has 1 aromatic heterocycles. The fourth-order valence-electron chi connectivity index (χ4n) is 4.52. The Morgan fingerprint density at radius 2 is 1.97 bits per heavy atom. The normalized spacial score (nSPS) is 15.2. The Hall–Kier alpha value is -3.06. The molecule has 0 radical (unpaired) electrons. The number of hydrogen-bond donors (Lipinski definition) is 0. The first-order valence-electron chi connectivity index (χ1n) is 11.5. The number of carbonyl (C=O) groups excluding carboxylic acids is 1. The Kier molecular flexibility index (Phi) is 7.18. The van der Waals surface area contributed by atoms with Crippen LogP contribution in [0.4, 0.5) is 4.39 Å². The van der Waals surface area contributed by atoms with E-state index in [1.54, 1.807) is 16.8 Å². The molecule has 1 aliphatic heterocycles. The fraction of sp³-hybridized carbons (Fsp3) is 0.423. The molecule has 7 heteroatoms. The van der Waals surface area contributed by atoms with E-state index in [1.165, 1.54) is 38.1 Å². The van der Waals surface area contributed by atoms with Crippen molar-refractivity contribution in [3.8, 4) is 11.3 Å². The average molecular weight is 451 g/mol. The van der Waals surface area contributed by atoms with E-state index in [0.717, 1.165) is 24.3 Å². The van der Waals surface area contributed by atoms with Gasteiger partial charge in [0, 0.05) is 17.7 Å². The SMILES string of the molecule is COC(=O)c1ccc(Cn2cc(-c3cccc(C4CCN(CC(C)C)CC4)c3)nn2)c(F)c1. The van der Waals surface area contributed by atoms with Gasteiger partial charge in [0.15, 0.2) is 0 Å². The van der Waals surface area contributed by atoms with Gasteiger partial charge in [0.2, 0.25) is 0 Å². The van der Waals surface area contributed by atoms with Crippen molar-refractivity contribution in [2.75, 3.05) is 26.7 Å². The molecule has 1 saturated heterocycles. The molecule has 0 amide bonds. The van der Waals surface area contributed by atoms with E-state index in [4.69, 9.17) is 0 Å². The van der Waals surface area contributed by atoms with Gasteiger partial charge in [-0.1, -0.05) is 43.3 Å². The van der Waals surface area contributed by atoms with Crippen LogP contribution in [0.5, 0.6) is 0 Å². The zero-order chi connectivity index (χ0) is 23.4. The van der Waals surface area contributed by atoms with Crippen LogP contribution >= 0.6 is 0 Å². The number of rotatable bonds is 7. The summed E-state index contributed by atoms with van der Waals surface area (Å²) in [7, 11) is 1.27. The summed E-state index contributed by atoms with van der Waals surface area (Å²) in [6.45, 7) is 8.23. The van der Waals surface area contributed by atoms with Crippen molar-refractivity contribution in [3.63, 3.8) is 0 Å². The van der Waals surface area contributed by atoms with Gasteiger partial charge in [-0.25, -0.2) is 13.9 Å². The molecule has 0 saturated carbocycles. The third-order valence-corrected chi connectivity index (χ3v) is 6.21. The summed E-state index contributed by atoms with van der Waals surface area (Å²) in [4.78, 5) is 14.1. The molecule has 0 bridgehead atoms. The summed E-state index contributed by atoms with van der Waals surface area (Å²) in [5.41, 5.74) is 3.74. The molecular weight excluding hydrogens is 419 g/mol. The molecular formula is C26H31FN4O2. The average Bonchev–Trinajstić information content (AvgIpc) is 3.29. The molecule has 2 aromatic carbocycles. The van der Waals surface area contributed by atoms with Gasteiger partial charge < -0.3 is 9.64 Å². The largest absolute Gasteiger partial charge is 0.465 e. The van der Waals surface area contributed by atoms with E-state index in [9.17, 15) is 9.18 Å². The second-order valence-corrected chi connectivity index (χ2v) is 9.19. The summed E-state index contributed by atoms with van der Waals surface area (Å²) in [6.07, 6.45) is 4.17. The Balaban J connectivity index is 1.43. The van der Waals surface area contributed by atoms with Crippen LogP contribution in [-0.2, 0) is 11.3 Å². The number of hydrogen-bond acceptors (Lipinski definition) is 5. The number of benzene rings is 2. The molecule has 6 nitrogen and oxygen atoms in total. The topological polar surface area (TPSA) is 60.2 Å². The summed E-state index contributed by atoms with van der Waals surface area (Å²) in [5.74, 6) is 0.229. The molecule has 1 fully saturated rings. The number of halogens is 1. The zero-order valence-electron chi connectivity index (χ0n) is 19.5. The summed E-state index contributed by atoms with van der Waals surface area (Å²) >= 11 is 0. The van der Waals surface area contributed by atoms with E-state index in [0.29, 0.717) is 17.4 Å². The van der Waals surface area contributed by atoms with Gasteiger partial charge in [-0.15, -0.1) is 5.10 Å². The molecule has 174 valence electrons. The number of nitrogens with zero attached hydrogens (tertiary/aromatic N) is 4. The maximum atomic E-state index is 14.4. The summed E-state index contributed by atoms with van der Waals surface area (Å²) in [5, 5.41) is 8.49. The van der Waals surface area contributed by atoms with Crippen molar-refractivity contribution >= 4 is 5.97 Å². The summed E-state index contributed by atoms with van der Waals surface area (Å²) < 4.78 is 20.7. The highest BCUT2D eigenvalue weighted by atomic mass is 19.1. The van der Waals surface area contributed by atoms with Gasteiger partial charge in [-0.2, -0.15) is 0 Å². The van der Waals surface area contributed by atoms with Crippen molar-refractivity contribution in [3.05, 3.63) is 71.2 Å². The van der Waals surface area contributed by atoms with E-state index >= 15 is 0 Å². The molecule has 0 aliphatic carbocycles. The van der Waals surface area contributed by atoms with Gasteiger partial charge in [-0.05, 0) is 61.5 Å². The molecule has 3 aromatic rings. The first kappa shape index (κ1) is 23.1. The minimum absolute atomic E-state index is 0.185. The number of carbonyl (C=O) groups is 1. The number of likely N-dealkylation sites (tertiary alicyclic amines) is 1. The van der Waals surface area contributed by atoms with Gasteiger partial charge >= 0.3 is 5.97 Å². The summed E-state index contributed by atoms with van der Waals surface area (Å²) in [6, 6.07) is 12.9. The van der Waals surface area contributed by atoms with Crippen LogP contribution < -0.4 is 0 Å². The van der Waals surface area contributed by atoms with Crippen LogP contribution in [0.25, 0.3) is 11.3 Å². The number of aromatic nitrogens is 3. The molecule has 2 heterocycles. The quantitative estimate of drug-likeness (QED) is 0.486. The lowest BCUT2D eigenvalue weighted by Crippen LogP contribution is -2.35. The van der Waals surface area contributed by atoms with Crippen molar-refractivity contribution in [2.45, 2.75) is 39.2 Å². The van der Waals surface area contributed by atoms with Gasteiger partial charge in [0.05, 0.1) is 25.4 Å². The van der Waals surface area contributed by atoms with Gasteiger partial charge in [0.1, 0.15) is 11.5 Å². The van der Waals surface area contributed by atoms with Crippen LogP contribution in [0, 0.1) is 11.7 Å². The Morgan fingerprint density at radius 1 is 1.18 bits per heavy atom. The molecule has 0 N–H and O–H groups in total. The lowest BCUT2D eigenvalue weighted by Gasteiger charge is -2.33. The molecule has 33 heavy (non-hydrogen) atoms. The maximum Gasteiger partial charge on any atom is 0.337 e. The van der Waals surface area contributed by atoms with E-state index in [-0.39, 0.29) is 12.1 Å². The molecule has 4 rings (SSSR count). The Morgan fingerprint density at radius 3 is 2.67 bits per heavy atom. The predicted octanol–water partition coefficient (Wildman–Crippen LogP) is 4.75. The second kappa shape index (κ2) is 10.3. The number of piperidine rings is 1. The van der Waals surface area contributed by atoms with E-state index in [2.05, 4.69) is 52.0 Å². The predicted molar refractivity (Wildman–Crippen MR) is 126 cm³/mol. The lowest BCUT2D eigenvalue weighted by molar-refractivity contribution is 0.0600. The Labute approximate surface area is 194 Å². The lowest BCUT2D eigenvalue weighted by atomic mass is 9.88. The van der Waals surface area contributed by atoms with Crippen LogP contribution in [0.3, 0.4) is 0 Å². The number of methoxy groups -OCH3 is 1. The maximum absolute atomic E-state index is 14.4. The van der Waals surface area contributed by atoms with E-state index < -0.39 is 11.8 Å². The smallest absolute Gasteiger partial charge is 0.337 e. The minimum Gasteiger partial charge on any atom is -0.465 e. The molecule has 1 aliphatic rings. The minimum atomic E-state index is -0.561. The molecule has 0 spiro atoms. The number of esters is 1. The van der Waals surface area contributed by atoms with E-state index in [1.807, 2.05) is 12.3 Å². The standard InChI is InChI=1S/C26H31FN4O2/c1-18(2)15-30-11-9-19(10-12-30)20-5-4-6-21(13-20)25-17-31(29-28-25)16-23-8-7-22(14-24(23)27)26(32)33-3/h4-8,13-14,17-19H,9-12,15-16H2,1-3H3. The van der Waals surface area contributed by atoms with Crippen LogP contribution in [0.2, 0.25) is 0 Å². The second-order valence-electron chi connectivity index (χ2n) is 9.19. The molecule has 0 unspecified atom stereocenters. The highest BCUT2D eigenvalue weighted by Gasteiger charge is 2.21. The van der Waals surface area contributed by atoms with Gasteiger partial charge in [-0.3, -0.25) is 0 Å². The third kappa shape index (κ3) is 5.66. The van der Waals surface area contributed by atoms with Crippen molar-refractivity contribution in [1.82, 2.24) is 19.9 Å². The van der Waals surface area contributed by atoms with Crippen molar-refractivity contribution in [2.24, 2.45) is 5.92 Å². The fourth-order valence-corrected chi connectivity index (χ4v) is 4.52.